The van der Waals surface area contributed by atoms with Crippen LogP contribution in [0.2, 0.25) is 0 Å². The molecule has 2 saturated carbocycles. The topological polar surface area (TPSA) is 3.24 Å². The predicted molar refractivity (Wildman–Crippen MR) is 66.1 cm³/mol. The molecular formula is C14H27N. The van der Waals surface area contributed by atoms with Crippen LogP contribution in [0.4, 0.5) is 0 Å². The molecule has 1 nitrogen and oxygen atoms in total. The fourth-order valence-electron chi connectivity index (χ4n) is 3.57. The van der Waals surface area contributed by atoms with Crippen LogP contribution in [0.1, 0.15) is 71.1 Å². The molecule has 2 rings (SSSR count). The Balaban J connectivity index is 1.90. The molecule has 15 heavy (non-hydrogen) atoms. The van der Waals surface area contributed by atoms with Crippen LogP contribution in [-0.4, -0.2) is 23.5 Å². The molecule has 0 amide bonds. The van der Waals surface area contributed by atoms with E-state index in [1.54, 1.807) is 0 Å². The van der Waals surface area contributed by atoms with E-state index in [9.17, 15) is 0 Å². The molecule has 2 aliphatic rings. The zero-order valence-corrected chi connectivity index (χ0v) is 10.4. The van der Waals surface area contributed by atoms with Gasteiger partial charge in [-0.15, -0.1) is 0 Å². The van der Waals surface area contributed by atoms with E-state index in [0.29, 0.717) is 0 Å². The van der Waals surface area contributed by atoms with Crippen molar-refractivity contribution in [1.29, 1.82) is 0 Å². The summed E-state index contributed by atoms with van der Waals surface area (Å²) in [5.74, 6) is 0. The van der Waals surface area contributed by atoms with E-state index < -0.39 is 0 Å². The normalized spacial score (nSPS) is 25.2. The maximum atomic E-state index is 2.88. The van der Waals surface area contributed by atoms with E-state index in [-0.39, 0.29) is 0 Å². The molecule has 0 spiro atoms. The number of rotatable bonds is 4. The average molecular weight is 209 g/mol. The van der Waals surface area contributed by atoms with Gasteiger partial charge in [-0.05, 0) is 38.6 Å². The Morgan fingerprint density at radius 1 is 0.800 bits per heavy atom. The van der Waals surface area contributed by atoms with Gasteiger partial charge in [0.2, 0.25) is 0 Å². The van der Waals surface area contributed by atoms with Gasteiger partial charge >= 0.3 is 0 Å². The van der Waals surface area contributed by atoms with Gasteiger partial charge in [0.25, 0.3) is 0 Å². The molecular weight excluding hydrogens is 182 g/mol. The first-order valence-corrected chi connectivity index (χ1v) is 7.17. The van der Waals surface area contributed by atoms with E-state index in [4.69, 9.17) is 0 Å². The summed E-state index contributed by atoms with van der Waals surface area (Å²) in [5, 5.41) is 0. The first-order valence-electron chi connectivity index (χ1n) is 7.17. The Morgan fingerprint density at radius 3 is 1.73 bits per heavy atom. The lowest BCUT2D eigenvalue weighted by molar-refractivity contribution is 0.106. The molecule has 88 valence electrons. The van der Waals surface area contributed by atoms with Crippen molar-refractivity contribution >= 4 is 0 Å². The first-order chi connectivity index (χ1) is 7.42. The van der Waals surface area contributed by atoms with E-state index in [1.807, 2.05) is 0 Å². The average Bonchev–Trinajstić information content (AvgIpc) is 2.80. The summed E-state index contributed by atoms with van der Waals surface area (Å²) in [6, 6.07) is 1.90. The van der Waals surface area contributed by atoms with E-state index in [0.717, 1.165) is 12.1 Å². The Hall–Kier alpha value is -0.0400. The third-order valence-corrected chi connectivity index (χ3v) is 4.32. The molecule has 0 aliphatic heterocycles. The van der Waals surface area contributed by atoms with E-state index in [1.165, 1.54) is 70.8 Å². The lowest BCUT2D eigenvalue weighted by Crippen LogP contribution is -2.43. The largest absolute Gasteiger partial charge is 0.297 e. The van der Waals surface area contributed by atoms with Gasteiger partial charge in [0.15, 0.2) is 0 Å². The third kappa shape index (κ3) is 2.96. The maximum Gasteiger partial charge on any atom is 0.00981 e. The zero-order valence-electron chi connectivity index (χ0n) is 10.4. The minimum atomic E-state index is 0.946. The van der Waals surface area contributed by atoms with Crippen molar-refractivity contribution in [3.8, 4) is 0 Å². The Labute approximate surface area is 95.2 Å². The van der Waals surface area contributed by atoms with Crippen LogP contribution in [0.5, 0.6) is 0 Å². The standard InChI is InChI=1S/C14H27N/c1-2-12-15(14-10-6-7-11-14)13-8-4-3-5-9-13/h13-14H,2-12H2,1H3. The number of nitrogens with zero attached hydrogens (tertiary/aromatic N) is 1. The SMILES string of the molecule is CCCN(C1CCCCC1)C1CCCC1. The van der Waals surface area contributed by atoms with Gasteiger partial charge in [-0.1, -0.05) is 39.0 Å². The van der Waals surface area contributed by atoms with Crippen LogP contribution in [0.3, 0.4) is 0 Å². The first kappa shape index (κ1) is 11.4. The second-order valence-electron chi connectivity index (χ2n) is 5.47. The Morgan fingerprint density at radius 2 is 1.27 bits per heavy atom. The molecule has 0 radical (unpaired) electrons. The van der Waals surface area contributed by atoms with Crippen LogP contribution in [0.15, 0.2) is 0 Å². The van der Waals surface area contributed by atoms with E-state index >= 15 is 0 Å². The smallest absolute Gasteiger partial charge is 0.00981 e. The highest BCUT2D eigenvalue weighted by Gasteiger charge is 2.28. The minimum Gasteiger partial charge on any atom is -0.297 e. The summed E-state index contributed by atoms with van der Waals surface area (Å²) < 4.78 is 0. The number of hydrogen-bond acceptors (Lipinski definition) is 1. The molecule has 0 aromatic heterocycles. The summed E-state index contributed by atoms with van der Waals surface area (Å²) in [5.41, 5.74) is 0. The van der Waals surface area contributed by atoms with Crippen LogP contribution in [0, 0.1) is 0 Å². The van der Waals surface area contributed by atoms with Crippen molar-refractivity contribution in [2.45, 2.75) is 83.2 Å². The van der Waals surface area contributed by atoms with Gasteiger partial charge in [0, 0.05) is 12.1 Å². The summed E-state index contributed by atoms with van der Waals surface area (Å²) in [6.07, 6.45) is 14.7. The highest BCUT2D eigenvalue weighted by atomic mass is 15.2. The molecule has 0 saturated heterocycles. The summed E-state index contributed by atoms with van der Waals surface area (Å²) in [6.45, 7) is 3.69. The van der Waals surface area contributed by atoms with Crippen molar-refractivity contribution in [3.05, 3.63) is 0 Å². The monoisotopic (exact) mass is 209 g/mol. The van der Waals surface area contributed by atoms with Crippen molar-refractivity contribution < 1.29 is 0 Å². The lowest BCUT2D eigenvalue weighted by Gasteiger charge is -2.38. The molecule has 0 aromatic rings. The second kappa shape index (κ2) is 5.89. The van der Waals surface area contributed by atoms with Crippen LogP contribution in [0.25, 0.3) is 0 Å². The highest BCUT2D eigenvalue weighted by Crippen LogP contribution is 2.30. The molecule has 0 N–H and O–H groups in total. The Bertz CT molecular complexity index is 166. The molecule has 2 fully saturated rings. The molecule has 0 heterocycles. The fraction of sp³-hybridized carbons (Fsp3) is 1.00. The van der Waals surface area contributed by atoms with Crippen LogP contribution in [-0.2, 0) is 0 Å². The molecule has 0 atom stereocenters. The van der Waals surface area contributed by atoms with E-state index in [2.05, 4.69) is 11.8 Å². The molecule has 0 unspecified atom stereocenters. The van der Waals surface area contributed by atoms with Crippen molar-refractivity contribution in [1.82, 2.24) is 4.90 Å². The van der Waals surface area contributed by atoms with Crippen LogP contribution < -0.4 is 0 Å². The number of hydrogen-bond donors (Lipinski definition) is 0. The van der Waals surface area contributed by atoms with Gasteiger partial charge in [0.05, 0.1) is 0 Å². The van der Waals surface area contributed by atoms with Crippen molar-refractivity contribution in [3.63, 3.8) is 0 Å². The van der Waals surface area contributed by atoms with Gasteiger partial charge < -0.3 is 0 Å². The van der Waals surface area contributed by atoms with Crippen molar-refractivity contribution in [2.24, 2.45) is 0 Å². The van der Waals surface area contributed by atoms with Gasteiger partial charge in [-0.3, -0.25) is 4.90 Å². The third-order valence-electron chi connectivity index (χ3n) is 4.32. The molecule has 2 aliphatic carbocycles. The Kier molecular flexibility index (Phi) is 4.49. The van der Waals surface area contributed by atoms with Crippen LogP contribution >= 0.6 is 0 Å². The lowest BCUT2D eigenvalue weighted by atomic mass is 9.92. The second-order valence-corrected chi connectivity index (χ2v) is 5.47. The summed E-state index contributed by atoms with van der Waals surface area (Å²) in [7, 11) is 0. The maximum absolute atomic E-state index is 2.88. The van der Waals surface area contributed by atoms with Gasteiger partial charge in [-0.2, -0.15) is 0 Å². The summed E-state index contributed by atoms with van der Waals surface area (Å²) in [4.78, 5) is 2.88. The quantitative estimate of drug-likeness (QED) is 0.677. The zero-order chi connectivity index (χ0) is 10.5. The highest BCUT2D eigenvalue weighted by molar-refractivity contribution is 4.84. The van der Waals surface area contributed by atoms with Crippen molar-refractivity contribution in [2.75, 3.05) is 6.54 Å². The van der Waals surface area contributed by atoms with Gasteiger partial charge in [-0.25, -0.2) is 0 Å². The van der Waals surface area contributed by atoms with Gasteiger partial charge in [0.1, 0.15) is 0 Å². The summed E-state index contributed by atoms with van der Waals surface area (Å²) >= 11 is 0. The molecule has 0 aromatic carbocycles. The fourth-order valence-corrected chi connectivity index (χ4v) is 3.57. The predicted octanol–water partition coefficient (Wildman–Crippen LogP) is 3.97. The molecule has 1 heteroatoms. The molecule has 0 bridgehead atoms. The minimum absolute atomic E-state index is 0.946.